The maximum atomic E-state index is 10.7. The van der Waals surface area contributed by atoms with Crippen LogP contribution in [0.2, 0.25) is 5.02 Å². The molecule has 0 saturated heterocycles. The Morgan fingerprint density at radius 1 is 1.40 bits per heavy atom. The standard InChI is InChI=1S/C8H12ClN3O2S/c9-6-1-2-7(10)8(5-6)12-3-4-15(11,13)14/h1-2,5,12H,3-4,10H2,(H2,11,13,14). The largest absolute Gasteiger partial charge is 0.397 e. The SMILES string of the molecule is Nc1ccc(Cl)cc1NCCS(N)(=O)=O. The highest BCUT2D eigenvalue weighted by atomic mass is 35.5. The molecule has 15 heavy (non-hydrogen) atoms. The Kier molecular flexibility index (Phi) is 3.78. The summed E-state index contributed by atoms with van der Waals surface area (Å²) in [5.74, 6) is -0.154. The lowest BCUT2D eigenvalue weighted by Gasteiger charge is -2.08. The van der Waals surface area contributed by atoms with Crippen molar-refractivity contribution in [3.8, 4) is 0 Å². The Labute approximate surface area is 93.5 Å². The number of nitrogens with one attached hydrogen (secondary N) is 1. The Morgan fingerprint density at radius 3 is 2.67 bits per heavy atom. The van der Waals surface area contributed by atoms with Gasteiger partial charge in [-0.25, -0.2) is 13.6 Å². The molecule has 5 nitrogen and oxygen atoms in total. The summed E-state index contributed by atoms with van der Waals surface area (Å²) >= 11 is 5.75. The van der Waals surface area contributed by atoms with Gasteiger partial charge in [-0.2, -0.15) is 0 Å². The van der Waals surface area contributed by atoms with Gasteiger partial charge in [0.25, 0.3) is 0 Å². The molecular formula is C8H12ClN3O2S. The lowest BCUT2D eigenvalue weighted by Crippen LogP contribution is -2.22. The summed E-state index contributed by atoms with van der Waals surface area (Å²) < 4.78 is 21.3. The Hall–Kier alpha value is -0.980. The number of nitrogen functional groups attached to an aromatic ring is 1. The van der Waals surface area contributed by atoms with Crippen LogP contribution in [0.1, 0.15) is 0 Å². The van der Waals surface area contributed by atoms with E-state index in [1.54, 1.807) is 18.2 Å². The fourth-order valence-electron chi connectivity index (χ4n) is 1.01. The normalized spacial score (nSPS) is 11.3. The minimum Gasteiger partial charge on any atom is -0.397 e. The first-order valence-electron chi connectivity index (χ1n) is 4.18. The van der Waals surface area contributed by atoms with Crippen LogP contribution in [0, 0.1) is 0 Å². The zero-order valence-corrected chi connectivity index (χ0v) is 9.48. The molecular weight excluding hydrogens is 238 g/mol. The maximum absolute atomic E-state index is 10.7. The van der Waals surface area contributed by atoms with E-state index in [0.29, 0.717) is 16.4 Å². The molecule has 0 fully saturated rings. The van der Waals surface area contributed by atoms with Gasteiger partial charge in [-0.05, 0) is 18.2 Å². The predicted molar refractivity (Wildman–Crippen MR) is 62.3 cm³/mol. The van der Waals surface area contributed by atoms with Crippen LogP contribution in [0.3, 0.4) is 0 Å². The van der Waals surface area contributed by atoms with Gasteiger partial charge in [0, 0.05) is 11.6 Å². The van der Waals surface area contributed by atoms with E-state index in [2.05, 4.69) is 5.32 Å². The zero-order valence-electron chi connectivity index (χ0n) is 7.90. The number of nitrogens with two attached hydrogens (primary N) is 2. The lowest BCUT2D eigenvalue weighted by molar-refractivity contribution is 0.598. The quantitative estimate of drug-likeness (QED) is 0.682. The van der Waals surface area contributed by atoms with Crippen LogP contribution in [0.15, 0.2) is 18.2 Å². The predicted octanol–water partition coefficient (Wildman–Crippen LogP) is 0.623. The first-order chi connectivity index (χ1) is 6.88. The molecule has 0 unspecified atom stereocenters. The van der Waals surface area contributed by atoms with E-state index in [4.69, 9.17) is 22.5 Å². The summed E-state index contributed by atoms with van der Waals surface area (Å²) in [6.45, 7) is 0.198. The molecule has 0 radical (unpaired) electrons. The molecule has 7 heteroatoms. The number of sulfonamides is 1. The minimum absolute atomic E-state index is 0.154. The van der Waals surface area contributed by atoms with E-state index >= 15 is 0 Å². The third-order valence-electron chi connectivity index (χ3n) is 1.72. The molecule has 0 saturated carbocycles. The highest BCUT2D eigenvalue weighted by molar-refractivity contribution is 7.89. The summed E-state index contributed by atoms with van der Waals surface area (Å²) in [4.78, 5) is 0. The summed E-state index contributed by atoms with van der Waals surface area (Å²) in [7, 11) is -3.45. The Bertz CT molecular complexity index is 447. The molecule has 84 valence electrons. The second-order valence-electron chi connectivity index (χ2n) is 3.03. The highest BCUT2D eigenvalue weighted by Crippen LogP contribution is 2.22. The second kappa shape index (κ2) is 4.69. The van der Waals surface area contributed by atoms with E-state index in [1.165, 1.54) is 0 Å². The van der Waals surface area contributed by atoms with Crippen molar-refractivity contribution in [1.29, 1.82) is 0 Å². The van der Waals surface area contributed by atoms with E-state index in [-0.39, 0.29) is 12.3 Å². The molecule has 0 bridgehead atoms. The Balaban J connectivity index is 2.61. The number of anilines is 2. The highest BCUT2D eigenvalue weighted by Gasteiger charge is 2.03. The van der Waals surface area contributed by atoms with Crippen LogP contribution >= 0.6 is 11.6 Å². The van der Waals surface area contributed by atoms with Crippen LogP contribution in [-0.2, 0) is 10.0 Å². The van der Waals surface area contributed by atoms with Crippen molar-refractivity contribution in [3.05, 3.63) is 23.2 Å². The van der Waals surface area contributed by atoms with Crippen molar-refractivity contribution in [1.82, 2.24) is 0 Å². The average Bonchev–Trinajstić information content (AvgIpc) is 2.09. The molecule has 1 aromatic rings. The van der Waals surface area contributed by atoms with Gasteiger partial charge >= 0.3 is 0 Å². The van der Waals surface area contributed by atoms with E-state index < -0.39 is 10.0 Å². The van der Waals surface area contributed by atoms with E-state index in [0.717, 1.165) is 0 Å². The van der Waals surface area contributed by atoms with Crippen molar-refractivity contribution in [2.75, 3.05) is 23.3 Å². The van der Waals surface area contributed by atoms with E-state index in [1.807, 2.05) is 0 Å². The second-order valence-corrected chi connectivity index (χ2v) is 5.20. The number of hydrogen-bond donors (Lipinski definition) is 3. The maximum Gasteiger partial charge on any atom is 0.210 e. The number of benzene rings is 1. The molecule has 5 N–H and O–H groups in total. The molecule has 0 aliphatic carbocycles. The van der Waals surface area contributed by atoms with Gasteiger partial charge in [0.15, 0.2) is 0 Å². The van der Waals surface area contributed by atoms with Gasteiger partial charge in [0.2, 0.25) is 10.0 Å². The van der Waals surface area contributed by atoms with Crippen LogP contribution in [-0.4, -0.2) is 20.7 Å². The number of halogens is 1. The van der Waals surface area contributed by atoms with Crippen molar-refractivity contribution in [3.63, 3.8) is 0 Å². The molecule has 0 atom stereocenters. The number of primary sulfonamides is 1. The van der Waals surface area contributed by atoms with Crippen molar-refractivity contribution < 1.29 is 8.42 Å². The molecule has 0 aromatic heterocycles. The van der Waals surface area contributed by atoms with Gasteiger partial charge in [0.1, 0.15) is 0 Å². The first-order valence-corrected chi connectivity index (χ1v) is 6.27. The van der Waals surface area contributed by atoms with Gasteiger partial charge in [-0.15, -0.1) is 0 Å². The zero-order chi connectivity index (χ0) is 11.5. The molecule has 1 rings (SSSR count). The number of hydrogen-bond acceptors (Lipinski definition) is 4. The van der Waals surface area contributed by atoms with Gasteiger partial charge in [-0.3, -0.25) is 0 Å². The van der Waals surface area contributed by atoms with Crippen LogP contribution < -0.4 is 16.2 Å². The fraction of sp³-hybridized carbons (Fsp3) is 0.250. The Morgan fingerprint density at radius 2 is 2.07 bits per heavy atom. The van der Waals surface area contributed by atoms with Gasteiger partial charge in [-0.1, -0.05) is 11.6 Å². The first kappa shape index (κ1) is 12.1. The van der Waals surface area contributed by atoms with Crippen molar-refractivity contribution in [2.45, 2.75) is 0 Å². The third-order valence-corrected chi connectivity index (χ3v) is 2.73. The average molecular weight is 250 g/mol. The monoisotopic (exact) mass is 249 g/mol. The lowest BCUT2D eigenvalue weighted by atomic mass is 10.3. The third kappa shape index (κ3) is 4.37. The summed E-state index contributed by atoms with van der Waals surface area (Å²) in [6.07, 6.45) is 0. The fourth-order valence-corrected chi connectivity index (χ4v) is 1.57. The molecule has 0 amide bonds. The van der Waals surface area contributed by atoms with Crippen molar-refractivity contribution >= 4 is 33.0 Å². The molecule has 1 aromatic carbocycles. The van der Waals surface area contributed by atoms with Gasteiger partial charge in [0.05, 0.1) is 17.1 Å². The molecule has 0 spiro atoms. The van der Waals surface area contributed by atoms with Crippen LogP contribution in [0.5, 0.6) is 0 Å². The molecule has 0 heterocycles. The van der Waals surface area contributed by atoms with E-state index in [9.17, 15) is 8.42 Å². The number of rotatable bonds is 4. The summed E-state index contributed by atoms with van der Waals surface area (Å²) in [5.41, 5.74) is 6.75. The molecule has 0 aliphatic heterocycles. The minimum atomic E-state index is -3.45. The summed E-state index contributed by atoms with van der Waals surface area (Å²) in [5, 5.41) is 8.21. The van der Waals surface area contributed by atoms with Crippen LogP contribution in [0.4, 0.5) is 11.4 Å². The summed E-state index contributed by atoms with van der Waals surface area (Å²) in [6, 6.07) is 4.92. The molecule has 0 aliphatic rings. The van der Waals surface area contributed by atoms with Crippen molar-refractivity contribution in [2.24, 2.45) is 5.14 Å². The van der Waals surface area contributed by atoms with Crippen LogP contribution in [0.25, 0.3) is 0 Å². The smallest absolute Gasteiger partial charge is 0.210 e. The van der Waals surface area contributed by atoms with Gasteiger partial charge < -0.3 is 11.1 Å². The topological polar surface area (TPSA) is 98.2 Å².